The van der Waals surface area contributed by atoms with Crippen molar-refractivity contribution in [2.45, 2.75) is 6.42 Å². The molecule has 0 bridgehead atoms. The molecular formula is C10H8N2O. The van der Waals surface area contributed by atoms with Crippen molar-refractivity contribution in [3.63, 3.8) is 0 Å². The molecule has 0 aliphatic rings. The van der Waals surface area contributed by atoms with Crippen molar-refractivity contribution in [1.29, 1.82) is 5.26 Å². The predicted molar refractivity (Wildman–Crippen MR) is 49.6 cm³/mol. The molecule has 0 amide bonds. The fraction of sp³-hybridized carbons (Fsp3) is 0.100. The molecule has 0 radical (unpaired) electrons. The zero-order chi connectivity index (χ0) is 9.68. The van der Waals surface area contributed by atoms with Gasteiger partial charge in [0.2, 0.25) is 0 Å². The number of nitriles is 1. The molecule has 0 unspecified atom stereocenters. The van der Waals surface area contributed by atoms with Crippen molar-refractivity contribution in [3.8, 4) is 23.7 Å². The fourth-order valence-corrected chi connectivity index (χ4v) is 0.807. The Kier molecular flexibility index (Phi) is 2.78. The number of aromatic hydroxyl groups is 1. The number of hydrogen-bond donors (Lipinski definition) is 2. The van der Waals surface area contributed by atoms with Crippen molar-refractivity contribution in [2.24, 2.45) is 0 Å². The Bertz CT molecular complexity index is 407. The van der Waals surface area contributed by atoms with Crippen molar-refractivity contribution < 1.29 is 5.11 Å². The summed E-state index contributed by atoms with van der Waals surface area (Å²) in [6.45, 7) is 0. The van der Waals surface area contributed by atoms with Crippen LogP contribution in [-0.4, -0.2) is 5.11 Å². The van der Waals surface area contributed by atoms with Crippen LogP contribution >= 0.6 is 0 Å². The van der Waals surface area contributed by atoms with Crippen LogP contribution in [0.4, 0.5) is 5.69 Å². The highest BCUT2D eigenvalue weighted by atomic mass is 16.3. The maximum absolute atomic E-state index is 9.20. The molecule has 13 heavy (non-hydrogen) atoms. The summed E-state index contributed by atoms with van der Waals surface area (Å²) < 4.78 is 0. The second-order valence-corrected chi connectivity index (χ2v) is 2.41. The zero-order valence-corrected chi connectivity index (χ0v) is 6.91. The van der Waals surface area contributed by atoms with E-state index < -0.39 is 0 Å². The highest BCUT2D eigenvalue weighted by molar-refractivity contribution is 5.55. The van der Waals surface area contributed by atoms with Crippen LogP contribution < -0.4 is 5.73 Å². The van der Waals surface area contributed by atoms with Crippen LogP contribution in [0.25, 0.3) is 0 Å². The summed E-state index contributed by atoms with van der Waals surface area (Å²) in [5.74, 6) is 5.38. The Labute approximate surface area is 76.4 Å². The van der Waals surface area contributed by atoms with Crippen LogP contribution in [0.15, 0.2) is 18.2 Å². The first-order valence-electron chi connectivity index (χ1n) is 3.68. The van der Waals surface area contributed by atoms with Gasteiger partial charge in [0.15, 0.2) is 0 Å². The van der Waals surface area contributed by atoms with E-state index in [-0.39, 0.29) is 12.2 Å². The highest BCUT2D eigenvalue weighted by Gasteiger charge is 1.95. The molecule has 0 spiro atoms. The second kappa shape index (κ2) is 4.04. The summed E-state index contributed by atoms with van der Waals surface area (Å²) >= 11 is 0. The van der Waals surface area contributed by atoms with Crippen LogP contribution in [0.2, 0.25) is 0 Å². The number of phenolic OH excluding ortho intramolecular Hbond substituents is 1. The van der Waals surface area contributed by atoms with Gasteiger partial charge in [-0.15, -0.1) is 0 Å². The molecule has 1 aromatic rings. The van der Waals surface area contributed by atoms with Crippen LogP contribution in [0.3, 0.4) is 0 Å². The van der Waals surface area contributed by atoms with E-state index in [1.807, 2.05) is 6.07 Å². The molecule has 0 aliphatic carbocycles. The maximum atomic E-state index is 9.20. The molecule has 0 saturated carbocycles. The van der Waals surface area contributed by atoms with Gasteiger partial charge in [0.05, 0.1) is 18.2 Å². The molecule has 0 aliphatic heterocycles. The number of nitrogens with zero attached hydrogens (tertiary/aromatic N) is 1. The molecule has 3 nitrogen and oxygen atoms in total. The van der Waals surface area contributed by atoms with E-state index in [1.54, 1.807) is 12.1 Å². The minimum absolute atomic E-state index is 0.0174. The van der Waals surface area contributed by atoms with E-state index in [0.717, 1.165) is 0 Å². The molecule has 0 saturated heterocycles. The Morgan fingerprint density at radius 1 is 1.46 bits per heavy atom. The Balaban J connectivity index is 2.89. The third kappa shape index (κ3) is 2.43. The summed E-state index contributed by atoms with van der Waals surface area (Å²) in [6.07, 6.45) is 0.186. The molecular weight excluding hydrogens is 164 g/mol. The largest absolute Gasteiger partial charge is 0.506 e. The van der Waals surface area contributed by atoms with Crippen molar-refractivity contribution in [3.05, 3.63) is 23.8 Å². The van der Waals surface area contributed by atoms with Crippen LogP contribution in [-0.2, 0) is 0 Å². The normalized spacial score (nSPS) is 8.23. The molecule has 0 atom stereocenters. The third-order valence-electron chi connectivity index (χ3n) is 1.43. The first kappa shape index (κ1) is 8.96. The molecule has 0 fully saturated rings. The number of nitrogens with two attached hydrogens (primary N) is 1. The van der Waals surface area contributed by atoms with E-state index in [9.17, 15) is 5.11 Å². The molecule has 0 heterocycles. The molecule has 3 N–H and O–H groups in total. The van der Waals surface area contributed by atoms with Gasteiger partial charge >= 0.3 is 0 Å². The zero-order valence-electron chi connectivity index (χ0n) is 6.91. The summed E-state index contributed by atoms with van der Waals surface area (Å²) in [7, 11) is 0. The van der Waals surface area contributed by atoms with Gasteiger partial charge in [-0.1, -0.05) is 11.8 Å². The number of rotatable bonds is 0. The highest BCUT2D eigenvalue weighted by Crippen LogP contribution is 2.19. The van der Waals surface area contributed by atoms with Gasteiger partial charge in [-0.05, 0) is 18.2 Å². The fourth-order valence-electron chi connectivity index (χ4n) is 0.807. The Hall–Kier alpha value is -2.13. The van der Waals surface area contributed by atoms with Gasteiger partial charge in [-0.25, -0.2) is 0 Å². The number of nitrogen functional groups attached to an aromatic ring is 1. The molecule has 1 aromatic carbocycles. The van der Waals surface area contributed by atoms with Gasteiger partial charge in [-0.2, -0.15) is 5.26 Å². The lowest BCUT2D eigenvalue weighted by Crippen LogP contribution is -1.85. The van der Waals surface area contributed by atoms with Gasteiger partial charge < -0.3 is 10.8 Å². The molecule has 64 valence electrons. The smallest absolute Gasteiger partial charge is 0.139 e. The quantitative estimate of drug-likeness (QED) is 0.351. The topological polar surface area (TPSA) is 70.0 Å². The van der Waals surface area contributed by atoms with E-state index in [1.165, 1.54) is 6.07 Å². The first-order chi connectivity index (χ1) is 6.24. The summed E-state index contributed by atoms with van der Waals surface area (Å²) in [5, 5.41) is 17.4. The van der Waals surface area contributed by atoms with Crippen molar-refractivity contribution in [1.82, 2.24) is 0 Å². The lowest BCUT2D eigenvalue weighted by molar-refractivity contribution is 0.478. The monoisotopic (exact) mass is 172 g/mol. The molecule has 1 rings (SSSR count). The molecule has 3 heteroatoms. The number of phenols is 1. The minimum Gasteiger partial charge on any atom is -0.506 e. The number of hydrogen-bond acceptors (Lipinski definition) is 3. The number of benzene rings is 1. The average Bonchev–Trinajstić information content (AvgIpc) is 2.12. The van der Waals surface area contributed by atoms with Crippen molar-refractivity contribution >= 4 is 5.69 Å². The van der Waals surface area contributed by atoms with Crippen LogP contribution in [0, 0.1) is 23.2 Å². The van der Waals surface area contributed by atoms with Gasteiger partial charge in [0.1, 0.15) is 5.75 Å². The SMILES string of the molecule is N#CCC#Cc1ccc(N)c(O)c1. The number of anilines is 1. The molecule has 0 aromatic heterocycles. The van der Waals surface area contributed by atoms with Crippen molar-refractivity contribution in [2.75, 3.05) is 5.73 Å². The maximum Gasteiger partial charge on any atom is 0.139 e. The summed E-state index contributed by atoms with van der Waals surface area (Å²) in [4.78, 5) is 0. The average molecular weight is 172 g/mol. The van der Waals surface area contributed by atoms with E-state index in [0.29, 0.717) is 11.3 Å². The van der Waals surface area contributed by atoms with Gasteiger partial charge in [0, 0.05) is 5.56 Å². The van der Waals surface area contributed by atoms with E-state index >= 15 is 0 Å². The lowest BCUT2D eigenvalue weighted by atomic mass is 10.2. The van der Waals surface area contributed by atoms with E-state index in [2.05, 4.69) is 11.8 Å². The first-order valence-corrected chi connectivity index (χ1v) is 3.68. The van der Waals surface area contributed by atoms with Crippen LogP contribution in [0.1, 0.15) is 12.0 Å². The van der Waals surface area contributed by atoms with Gasteiger partial charge in [0.25, 0.3) is 0 Å². The second-order valence-electron chi connectivity index (χ2n) is 2.41. The van der Waals surface area contributed by atoms with E-state index in [4.69, 9.17) is 11.0 Å². The Morgan fingerprint density at radius 3 is 2.85 bits per heavy atom. The predicted octanol–water partition coefficient (Wildman–Crippen LogP) is 1.24. The lowest BCUT2D eigenvalue weighted by Gasteiger charge is -1.97. The third-order valence-corrected chi connectivity index (χ3v) is 1.43. The van der Waals surface area contributed by atoms with Crippen LogP contribution in [0.5, 0.6) is 5.75 Å². The minimum atomic E-state index is 0.0174. The Morgan fingerprint density at radius 2 is 2.23 bits per heavy atom. The summed E-state index contributed by atoms with van der Waals surface area (Å²) in [5.41, 5.74) is 6.37. The summed E-state index contributed by atoms with van der Waals surface area (Å²) in [6, 6.07) is 6.64. The van der Waals surface area contributed by atoms with Gasteiger partial charge in [-0.3, -0.25) is 0 Å². The standard InChI is InChI=1S/C10H8N2O/c11-6-2-1-3-8-4-5-9(12)10(13)7-8/h4-5,7,13H,2,12H2.